The van der Waals surface area contributed by atoms with E-state index in [1.54, 1.807) is 0 Å². The first-order valence-electron chi connectivity index (χ1n) is 26.4. The molecule has 68 heavy (non-hydrogen) atoms. The lowest BCUT2D eigenvalue weighted by Gasteiger charge is -2.34. The Morgan fingerprint density at radius 1 is 0.456 bits per heavy atom. The van der Waals surface area contributed by atoms with E-state index in [0.29, 0.717) is 11.5 Å². The average Bonchev–Trinajstić information content (AvgIpc) is 4.22. The van der Waals surface area contributed by atoms with Crippen LogP contribution in [0.3, 0.4) is 0 Å². The van der Waals surface area contributed by atoms with Gasteiger partial charge in [-0.25, -0.2) is 9.97 Å². The number of phenolic OH excluding ortho intramolecular Hbond substituents is 2. The first kappa shape index (κ1) is 48.3. The van der Waals surface area contributed by atoms with Crippen molar-refractivity contribution in [3.8, 4) is 11.5 Å². The molecule has 8 heterocycles. The number of phenols is 2. The monoisotopic (exact) mass is 929 g/mol. The molecule has 4 N–H and O–H groups in total. The Labute approximate surface area is 406 Å². The molecule has 2 aromatic carbocycles. The molecule has 0 bridgehead atoms. The summed E-state index contributed by atoms with van der Waals surface area (Å²) in [6.07, 6.45) is 14.3. The van der Waals surface area contributed by atoms with E-state index in [4.69, 9.17) is 19.9 Å². The number of nitrogens with one attached hydrogen (secondary N) is 2. The Morgan fingerprint density at radius 2 is 0.794 bits per heavy atom. The quantitative estimate of drug-likeness (QED) is 0.102. The highest BCUT2D eigenvalue weighted by atomic mass is 16.3. The Hall–Kier alpha value is -4.76. The number of hydrogen-bond donors (Lipinski definition) is 4. The highest BCUT2D eigenvalue weighted by molar-refractivity contribution is 5.49. The van der Waals surface area contributed by atoms with Gasteiger partial charge in [-0.2, -0.15) is 9.97 Å². The molecule has 0 amide bonds. The van der Waals surface area contributed by atoms with Crippen LogP contribution in [0, 0.1) is 27.7 Å². The lowest BCUT2D eigenvalue weighted by atomic mass is 10.0. The molecule has 0 spiro atoms. The van der Waals surface area contributed by atoms with E-state index >= 15 is 0 Å². The largest absolute Gasteiger partial charge is 0.507 e. The van der Waals surface area contributed by atoms with Crippen LogP contribution in [0.4, 0.5) is 23.5 Å². The van der Waals surface area contributed by atoms with Gasteiger partial charge in [0.1, 0.15) is 23.1 Å². The zero-order valence-corrected chi connectivity index (χ0v) is 41.8. The summed E-state index contributed by atoms with van der Waals surface area (Å²) in [5, 5.41) is 27.6. The predicted octanol–water partition coefficient (Wildman–Crippen LogP) is 7.16. The third kappa shape index (κ3) is 12.2. The predicted molar refractivity (Wildman–Crippen MR) is 276 cm³/mol. The van der Waals surface area contributed by atoms with Crippen molar-refractivity contribution in [3.63, 3.8) is 0 Å². The lowest BCUT2D eigenvalue weighted by Crippen LogP contribution is -2.46. The summed E-state index contributed by atoms with van der Waals surface area (Å²) in [7, 11) is 0. The van der Waals surface area contributed by atoms with Crippen molar-refractivity contribution in [2.75, 3.05) is 124 Å². The van der Waals surface area contributed by atoms with Gasteiger partial charge in [0.15, 0.2) is 0 Å². The van der Waals surface area contributed by atoms with Gasteiger partial charge in [0.25, 0.3) is 0 Å². The van der Waals surface area contributed by atoms with Gasteiger partial charge in [0, 0.05) is 104 Å². The maximum Gasteiger partial charge on any atom is 0.227 e. The molecule has 0 aliphatic carbocycles. The molecule has 4 aromatic rings. The van der Waals surface area contributed by atoms with Crippen LogP contribution in [0.5, 0.6) is 11.5 Å². The minimum absolute atomic E-state index is 0.248. The van der Waals surface area contributed by atoms with Gasteiger partial charge in [0.2, 0.25) is 11.9 Å². The van der Waals surface area contributed by atoms with Crippen molar-refractivity contribution in [1.29, 1.82) is 0 Å². The molecular formula is C54H80N12O2. The number of piperazine rings is 2. The SMILES string of the molecule is Cc1cc(CCCN2CCNC(c3cc(N4CCCC4)nc(N4CCCC4)n3)C2)cc(C)c1O.Cc1cc(CCCN2CCNC(c3cc(N4CCCC4)nc(N4CCCC4)n3)C2)cc(C)c1O. The van der Waals surface area contributed by atoms with E-state index in [1.807, 2.05) is 27.7 Å². The minimum atomic E-state index is 0.248. The molecule has 6 aliphatic heterocycles. The Bertz CT molecular complexity index is 2010. The van der Waals surface area contributed by atoms with E-state index in [2.05, 4.69) is 76.4 Å². The number of anilines is 4. The number of aryl methyl sites for hydroxylation is 6. The summed E-state index contributed by atoms with van der Waals surface area (Å²) >= 11 is 0. The molecule has 0 radical (unpaired) electrons. The van der Waals surface area contributed by atoms with Crippen molar-refractivity contribution < 1.29 is 10.2 Å². The van der Waals surface area contributed by atoms with Crippen LogP contribution in [0.25, 0.3) is 0 Å². The van der Waals surface area contributed by atoms with Crippen LogP contribution in [0.2, 0.25) is 0 Å². The first-order chi connectivity index (χ1) is 33.1. The standard InChI is InChI=1S/2C27H40N6O/c2*1-20-16-22(17-21(2)26(20)34)8-7-10-31-15-9-28-24(19-31)23-18-25(32-11-3-4-12-32)30-27(29-23)33-13-5-6-14-33/h2*16-18,24,28,34H,3-15,19H2,1-2H3. The smallest absolute Gasteiger partial charge is 0.227 e. The van der Waals surface area contributed by atoms with E-state index in [-0.39, 0.29) is 12.1 Å². The highest BCUT2D eigenvalue weighted by Crippen LogP contribution is 2.30. The molecule has 0 saturated carbocycles. The number of hydrogen-bond acceptors (Lipinski definition) is 14. The third-order valence-electron chi connectivity index (χ3n) is 15.3. The maximum atomic E-state index is 10.0. The van der Waals surface area contributed by atoms with Crippen molar-refractivity contribution in [1.82, 2.24) is 40.4 Å². The molecule has 14 nitrogen and oxygen atoms in total. The fourth-order valence-electron chi connectivity index (χ4n) is 11.4. The maximum absolute atomic E-state index is 10.0. The van der Waals surface area contributed by atoms with Crippen LogP contribution in [0.1, 0.15) is 121 Å². The molecule has 6 aliphatic rings. The Morgan fingerprint density at radius 3 is 1.15 bits per heavy atom. The van der Waals surface area contributed by atoms with Crippen molar-refractivity contribution in [2.45, 2.75) is 117 Å². The van der Waals surface area contributed by atoms with E-state index in [9.17, 15) is 10.2 Å². The van der Waals surface area contributed by atoms with Crippen molar-refractivity contribution in [2.24, 2.45) is 0 Å². The van der Waals surface area contributed by atoms with Gasteiger partial charge in [-0.3, -0.25) is 0 Å². The van der Waals surface area contributed by atoms with Crippen molar-refractivity contribution >= 4 is 23.5 Å². The summed E-state index contributed by atoms with van der Waals surface area (Å²) in [4.78, 5) is 34.9. The minimum Gasteiger partial charge on any atom is -0.507 e. The fourth-order valence-corrected chi connectivity index (χ4v) is 11.4. The number of aromatic nitrogens is 4. The molecule has 2 aromatic heterocycles. The van der Waals surface area contributed by atoms with E-state index in [1.165, 1.54) is 62.5 Å². The van der Waals surface area contributed by atoms with Gasteiger partial charge >= 0.3 is 0 Å². The van der Waals surface area contributed by atoms with Crippen LogP contribution in [-0.4, -0.2) is 145 Å². The van der Waals surface area contributed by atoms with Gasteiger partial charge in [0.05, 0.1) is 23.5 Å². The summed E-state index contributed by atoms with van der Waals surface area (Å²) in [6, 6.07) is 13.5. The second-order valence-corrected chi connectivity index (χ2v) is 20.7. The summed E-state index contributed by atoms with van der Waals surface area (Å²) < 4.78 is 0. The van der Waals surface area contributed by atoms with Gasteiger partial charge < -0.3 is 50.2 Å². The molecule has 2 atom stereocenters. The third-order valence-corrected chi connectivity index (χ3v) is 15.3. The zero-order chi connectivity index (χ0) is 47.0. The Balaban J connectivity index is 0.000000170. The Kier molecular flexibility index (Phi) is 16.2. The molecule has 6 fully saturated rings. The second kappa shape index (κ2) is 22.8. The van der Waals surface area contributed by atoms with Gasteiger partial charge in [-0.1, -0.05) is 24.3 Å². The van der Waals surface area contributed by atoms with Crippen LogP contribution in [-0.2, 0) is 12.8 Å². The summed E-state index contributed by atoms with van der Waals surface area (Å²) in [5.41, 5.74) is 8.84. The zero-order valence-electron chi connectivity index (χ0n) is 41.8. The molecule has 10 rings (SSSR count). The number of nitrogens with zero attached hydrogens (tertiary/aromatic N) is 10. The molecule has 2 unspecified atom stereocenters. The fraction of sp³-hybridized carbons (Fsp3) is 0.630. The van der Waals surface area contributed by atoms with Crippen LogP contribution in [0.15, 0.2) is 36.4 Å². The highest BCUT2D eigenvalue weighted by Gasteiger charge is 2.28. The summed E-state index contributed by atoms with van der Waals surface area (Å²) in [6.45, 7) is 25.0. The van der Waals surface area contributed by atoms with Gasteiger partial charge in [-0.15, -0.1) is 0 Å². The molecule has 14 heteroatoms. The average molecular weight is 929 g/mol. The molecule has 6 saturated heterocycles. The number of aromatic hydroxyl groups is 2. The lowest BCUT2D eigenvalue weighted by molar-refractivity contribution is 0.197. The first-order valence-corrected chi connectivity index (χ1v) is 26.4. The van der Waals surface area contributed by atoms with Crippen molar-refractivity contribution in [3.05, 3.63) is 81.2 Å². The van der Waals surface area contributed by atoms with E-state index in [0.717, 1.165) is 188 Å². The molecular weight excluding hydrogens is 849 g/mol. The molecule has 368 valence electrons. The van der Waals surface area contributed by atoms with Crippen LogP contribution < -0.4 is 30.2 Å². The topological polar surface area (TPSA) is 136 Å². The second-order valence-electron chi connectivity index (χ2n) is 20.7. The number of rotatable bonds is 14. The van der Waals surface area contributed by atoms with Crippen LogP contribution >= 0.6 is 0 Å². The van der Waals surface area contributed by atoms with Gasteiger partial charge in [-0.05, 0) is 151 Å². The van der Waals surface area contributed by atoms with E-state index < -0.39 is 0 Å². The number of benzene rings is 2. The normalized spacial score (nSPS) is 21.5. The summed E-state index contributed by atoms with van der Waals surface area (Å²) in [5.74, 6) is 4.94.